The Kier molecular flexibility index (Phi) is 5.06. The number of nitrogens with one attached hydrogen (secondary N) is 1. The van der Waals surface area contributed by atoms with Crippen LogP contribution < -0.4 is 9.62 Å². The van der Waals surface area contributed by atoms with Gasteiger partial charge in [0.2, 0.25) is 5.09 Å². The molecule has 1 aromatic heterocycles. The van der Waals surface area contributed by atoms with Crippen molar-refractivity contribution < 1.29 is 17.6 Å². The number of carbonyl (C=O) groups excluding carboxylic acids is 1. The highest BCUT2D eigenvalue weighted by atomic mass is 32.2. The van der Waals surface area contributed by atoms with Crippen LogP contribution in [0.25, 0.3) is 0 Å². The third kappa shape index (κ3) is 3.47. The number of aryl methyl sites for hydroxylation is 1. The Balaban J connectivity index is 1.68. The lowest BCUT2D eigenvalue weighted by molar-refractivity contribution is 0.0709. The van der Waals surface area contributed by atoms with Crippen molar-refractivity contribution in [3.63, 3.8) is 0 Å². The number of benzene rings is 1. The van der Waals surface area contributed by atoms with E-state index in [2.05, 4.69) is 35.6 Å². The molecular weight excluding hydrogens is 354 g/mol. The summed E-state index contributed by atoms with van der Waals surface area (Å²) in [5, 5.41) is -0.252. The fourth-order valence-electron chi connectivity index (χ4n) is 3.06. The van der Waals surface area contributed by atoms with Crippen molar-refractivity contribution in [2.24, 2.45) is 0 Å². The summed E-state index contributed by atoms with van der Waals surface area (Å²) >= 11 is 0. The van der Waals surface area contributed by atoms with Crippen molar-refractivity contribution in [2.75, 3.05) is 38.1 Å². The minimum absolute atomic E-state index is 0.0408. The second kappa shape index (κ2) is 7.13. The van der Waals surface area contributed by atoms with Gasteiger partial charge in [-0.25, -0.2) is 13.1 Å². The van der Waals surface area contributed by atoms with Gasteiger partial charge in [0.05, 0.1) is 0 Å². The van der Waals surface area contributed by atoms with Crippen molar-refractivity contribution in [3.8, 4) is 0 Å². The van der Waals surface area contributed by atoms with Gasteiger partial charge in [0.1, 0.15) is 0 Å². The normalized spacial score (nSPS) is 15.3. The fourth-order valence-corrected chi connectivity index (χ4v) is 3.71. The minimum atomic E-state index is -3.69. The summed E-state index contributed by atoms with van der Waals surface area (Å²) in [5.74, 6) is -0.248. The van der Waals surface area contributed by atoms with Gasteiger partial charge in [-0.2, -0.15) is 0 Å². The Morgan fingerprint density at radius 3 is 2.42 bits per heavy atom. The highest BCUT2D eigenvalue weighted by molar-refractivity contribution is 7.89. The standard InChI is InChI=1S/C18H23N3O4S/c1-13-5-4-6-15(14(13)2)20-9-11-21(12-10-20)18(22)16-7-8-17(25-16)26(23,24)19-3/h4-8,19H,9-12H2,1-3H3. The first-order valence-electron chi connectivity index (χ1n) is 8.47. The molecule has 140 valence electrons. The SMILES string of the molecule is CNS(=O)(=O)c1ccc(C(=O)N2CCN(c3cccc(C)c3C)CC2)o1. The number of hydrogen-bond donors (Lipinski definition) is 1. The molecule has 1 fully saturated rings. The molecule has 1 amide bonds. The summed E-state index contributed by atoms with van der Waals surface area (Å²) < 4.78 is 30.9. The zero-order valence-corrected chi connectivity index (χ0v) is 16.0. The summed E-state index contributed by atoms with van der Waals surface area (Å²) in [6.45, 7) is 6.75. The van der Waals surface area contributed by atoms with Crippen molar-refractivity contribution in [2.45, 2.75) is 18.9 Å². The number of amides is 1. The number of nitrogens with zero attached hydrogens (tertiary/aromatic N) is 2. The van der Waals surface area contributed by atoms with Crippen molar-refractivity contribution in [1.29, 1.82) is 0 Å². The van der Waals surface area contributed by atoms with E-state index in [-0.39, 0.29) is 16.8 Å². The molecule has 1 aliphatic heterocycles. The highest BCUT2D eigenvalue weighted by Gasteiger charge is 2.26. The van der Waals surface area contributed by atoms with Crippen LogP contribution in [-0.4, -0.2) is 52.5 Å². The van der Waals surface area contributed by atoms with Gasteiger partial charge in [0.15, 0.2) is 5.76 Å². The predicted octanol–water partition coefficient (Wildman–Crippen LogP) is 1.77. The number of hydrogen-bond acceptors (Lipinski definition) is 5. The maximum atomic E-state index is 12.6. The van der Waals surface area contributed by atoms with E-state index in [1.54, 1.807) is 4.90 Å². The predicted molar refractivity (Wildman–Crippen MR) is 99.0 cm³/mol. The highest BCUT2D eigenvalue weighted by Crippen LogP contribution is 2.24. The fraction of sp³-hybridized carbons (Fsp3) is 0.389. The van der Waals surface area contributed by atoms with Crippen LogP contribution in [-0.2, 0) is 10.0 Å². The first kappa shape index (κ1) is 18.5. The van der Waals surface area contributed by atoms with Gasteiger partial charge >= 0.3 is 0 Å². The van der Waals surface area contributed by atoms with Gasteiger partial charge in [-0.15, -0.1) is 0 Å². The summed E-state index contributed by atoms with van der Waals surface area (Å²) in [7, 11) is -2.39. The van der Waals surface area contributed by atoms with E-state index in [1.165, 1.54) is 36.0 Å². The van der Waals surface area contributed by atoms with Crippen molar-refractivity contribution >= 4 is 21.6 Å². The molecule has 0 unspecified atom stereocenters. The molecule has 2 aromatic rings. The van der Waals surface area contributed by atoms with Gasteiger partial charge in [0.25, 0.3) is 15.9 Å². The van der Waals surface area contributed by atoms with E-state index in [9.17, 15) is 13.2 Å². The van der Waals surface area contributed by atoms with Crippen LogP contribution >= 0.6 is 0 Å². The molecule has 1 aromatic carbocycles. The van der Waals surface area contributed by atoms with E-state index in [1.807, 2.05) is 6.07 Å². The molecule has 2 heterocycles. The lowest BCUT2D eigenvalue weighted by Crippen LogP contribution is -2.49. The average molecular weight is 377 g/mol. The summed E-state index contributed by atoms with van der Waals surface area (Å²) in [6, 6.07) is 8.93. The molecule has 1 N–H and O–H groups in total. The maximum absolute atomic E-state index is 12.6. The molecule has 0 aliphatic carbocycles. The topological polar surface area (TPSA) is 82.9 Å². The molecule has 26 heavy (non-hydrogen) atoms. The quantitative estimate of drug-likeness (QED) is 0.878. The van der Waals surface area contributed by atoms with E-state index < -0.39 is 10.0 Å². The molecule has 0 atom stereocenters. The van der Waals surface area contributed by atoms with Crippen molar-refractivity contribution in [3.05, 3.63) is 47.2 Å². The number of furan rings is 1. The van der Waals surface area contributed by atoms with Crippen LogP contribution in [0, 0.1) is 13.8 Å². The largest absolute Gasteiger partial charge is 0.438 e. The first-order chi connectivity index (χ1) is 12.3. The average Bonchev–Trinajstić information content (AvgIpc) is 3.15. The van der Waals surface area contributed by atoms with E-state index in [0.29, 0.717) is 13.1 Å². The lowest BCUT2D eigenvalue weighted by Gasteiger charge is -2.36. The Bertz CT molecular complexity index is 912. The Labute approximate surface area is 153 Å². The van der Waals surface area contributed by atoms with Crippen LogP contribution in [0.2, 0.25) is 0 Å². The molecule has 7 nitrogen and oxygen atoms in total. The monoisotopic (exact) mass is 377 g/mol. The van der Waals surface area contributed by atoms with Crippen LogP contribution in [0.5, 0.6) is 0 Å². The molecule has 0 spiro atoms. The third-order valence-electron chi connectivity index (χ3n) is 4.81. The first-order valence-corrected chi connectivity index (χ1v) is 9.95. The second-order valence-electron chi connectivity index (χ2n) is 6.32. The van der Waals surface area contributed by atoms with E-state index >= 15 is 0 Å². The van der Waals surface area contributed by atoms with Gasteiger partial charge in [-0.05, 0) is 50.2 Å². The van der Waals surface area contributed by atoms with Gasteiger partial charge in [0, 0.05) is 31.9 Å². The van der Waals surface area contributed by atoms with Gasteiger partial charge in [-0.3, -0.25) is 4.79 Å². The zero-order valence-electron chi connectivity index (χ0n) is 15.2. The number of carbonyl (C=O) groups is 1. The second-order valence-corrected chi connectivity index (χ2v) is 8.14. The van der Waals surface area contributed by atoms with E-state index in [0.717, 1.165) is 13.1 Å². The van der Waals surface area contributed by atoms with Crippen LogP contribution in [0.1, 0.15) is 21.7 Å². The number of piperazine rings is 1. The van der Waals surface area contributed by atoms with Gasteiger partial charge in [-0.1, -0.05) is 12.1 Å². The Morgan fingerprint density at radius 2 is 1.77 bits per heavy atom. The van der Waals surface area contributed by atoms with Crippen LogP contribution in [0.3, 0.4) is 0 Å². The molecule has 1 aliphatic rings. The summed E-state index contributed by atoms with van der Waals surface area (Å²) in [6.07, 6.45) is 0. The van der Waals surface area contributed by atoms with Gasteiger partial charge < -0.3 is 14.2 Å². The molecular formula is C18H23N3O4S. The lowest BCUT2D eigenvalue weighted by atomic mass is 10.1. The molecule has 0 saturated carbocycles. The number of rotatable bonds is 4. The molecule has 3 rings (SSSR count). The Hall–Kier alpha value is -2.32. The van der Waals surface area contributed by atoms with Crippen LogP contribution in [0.15, 0.2) is 39.8 Å². The molecule has 0 bridgehead atoms. The number of sulfonamides is 1. The third-order valence-corrected chi connectivity index (χ3v) is 6.10. The smallest absolute Gasteiger partial charge is 0.289 e. The minimum Gasteiger partial charge on any atom is -0.438 e. The van der Waals surface area contributed by atoms with E-state index in [4.69, 9.17) is 4.42 Å². The zero-order chi connectivity index (χ0) is 18.9. The summed E-state index contributed by atoms with van der Waals surface area (Å²) in [5.41, 5.74) is 3.69. The van der Waals surface area contributed by atoms with Crippen LogP contribution in [0.4, 0.5) is 5.69 Å². The molecule has 1 saturated heterocycles. The molecule has 8 heteroatoms. The van der Waals surface area contributed by atoms with Crippen molar-refractivity contribution in [1.82, 2.24) is 9.62 Å². The molecule has 0 radical (unpaired) electrons. The number of anilines is 1. The maximum Gasteiger partial charge on any atom is 0.289 e. The summed E-state index contributed by atoms with van der Waals surface area (Å²) in [4.78, 5) is 16.6. The Morgan fingerprint density at radius 1 is 1.08 bits per heavy atom.